The summed E-state index contributed by atoms with van der Waals surface area (Å²) in [6.45, 7) is 2.28. The number of rotatable bonds is 6. The maximum Gasteiger partial charge on any atom is 0.286 e. The molecule has 0 bridgehead atoms. The van der Waals surface area contributed by atoms with E-state index in [4.69, 9.17) is 0 Å². The van der Waals surface area contributed by atoms with Gasteiger partial charge in [0.1, 0.15) is 10.7 Å². The van der Waals surface area contributed by atoms with Crippen LogP contribution in [-0.4, -0.2) is 31.6 Å². The van der Waals surface area contributed by atoms with E-state index in [2.05, 4.69) is 9.71 Å². The Labute approximate surface area is 194 Å². The molecule has 34 heavy (non-hydrogen) atoms. The van der Waals surface area contributed by atoms with Crippen LogP contribution in [0.25, 0.3) is 0 Å². The highest BCUT2D eigenvalue weighted by Gasteiger charge is 2.32. The van der Waals surface area contributed by atoms with E-state index < -0.39 is 26.7 Å². The monoisotopic (exact) mass is 482 g/mol. The van der Waals surface area contributed by atoms with Crippen molar-refractivity contribution in [3.05, 3.63) is 93.8 Å². The van der Waals surface area contributed by atoms with Gasteiger partial charge in [-0.25, -0.2) is 4.39 Å². The number of hydrogen-bond acceptors (Lipinski definition) is 6. The fourth-order valence-electron chi connectivity index (χ4n) is 3.60. The van der Waals surface area contributed by atoms with Gasteiger partial charge in [-0.05, 0) is 42.8 Å². The zero-order valence-corrected chi connectivity index (χ0v) is 18.8. The fourth-order valence-corrected chi connectivity index (χ4v) is 4.84. The Morgan fingerprint density at radius 3 is 2.59 bits per heavy atom. The van der Waals surface area contributed by atoms with Crippen molar-refractivity contribution < 1.29 is 22.5 Å². The largest absolute Gasteiger partial charge is 0.324 e. The lowest BCUT2D eigenvalue weighted by molar-refractivity contribution is -0.384. The number of nitro benzene ring substituents is 1. The normalized spacial score (nSPS) is 14.2. The molecule has 0 fully saturated rings. The predicted octanol–water partition coefficient (Wildman–Crippen LogP) is 4.35. The molecule has 11 heteroatoms. The van der Waals surface area contributed by atoms with Gasteiger partial charge >= 0.3 is 0 Å². The Bertz CT molecular complexity index is 1440. The number of nitrogens with one attached hydrogen (secondary N) is 1. The fraction of sp³-hybridized carbons (Fsp3) is 0.130. The van der Waals surface area contributed by atoms with Gasteiger partial charge in [0.25, 0.3) is 21.6 Å². The summed E-state index contributed by atoms with van der Waals surface area (Å²) in [5, 5.41) is 13.5. The van der Waals surface area contributed by atoms with E-state index in [1.165, 1.54) is 54.6 Å². The summed E-state index contributed by atoms with van der Waals surface area (Å²) in [5.74, 6) is -1.25. The van der Waals surface area contributed by atoms with Crippen molar-refractivity contribution >= 4 is 38.8 Å². The number of amides is 1. The van der Waals surface area contributed by atoms with Gasteiger partial charge in [0, 0.05) is 29.9 Å². The van der Waals surface area contributed by atoms with E-state index in [9.17, 15) is 27.7 Å². The molecule has 1 amide bonds. The van der Waals surface area contributed by atoms with Crippen molar-refractivity contribution in [2.45, 2.75) is 18.2 Å². The Morgan fingerprint density at radius 1 is 1.12 bits per heavy atom. The van der Waals surface area contributed by atoms with Crippen LogP contribution >= 0.6 is 0 Å². The van der Waals surface area contributed by atoms with Gasteiger partial charge in [-0.2, -0.15) is 8.42 Å². The third-order valence-corrected chi connectivity index (χ3v) is 6.43. The number of nitrogens with zero attached hydrogens (tertiary/aromatic N) is 3. The third kappa shape index (κ3) is 4.37. The number of anilines is 2. The molecule has 0 radical (unpaired) electrons. The summed E-state index contributed by atoms with van der Waals surface area (Å²) in [6, 6.07) is 15.3. The number of halogens is 1. The maximum absolute atomic E-state index is 14.5. The first kappa shape index (κ1) is 23.1. The van der Waals surface area contributed by atoms with Crippen LogP contribution in [0.4, 0.5) is 21.5 Å². The Morgan fingerprint density at radius 2 is 1.88 bits per heavy atom. The summed E-state index contributed by atoms with van der Waals surface area (Å²) in [7, 11) is -4.21. The second-order valence-electron chi connectivity index (χ2n) is 7.47. The molecule has 0 aromatic heterocycles. The smallest absolute Gasteiger partial charge is 0.286 e. The van der Waals surface area contributed by atoms with E-state index in [0.717, 1.165) is 6.07 Å². The van der Waals surface area contributed by atoms with Gasteiger partial charge in [-0.15, -0.1) is 4.40 Å². The van der Waals surface area contributed by atoms with Crippen LogP contribution in [-0.2, 0) is 10.0 Å². The van der Waals surface area contributed by atoms with Crippen LogP contribution in [0.2, 0.25) is 0 Å². The van der Waals surface area contributed by atoms with Crippen molar-refractivity contribution in [3.63, 3.8) is 0 Å². The van der Waals surface area contributed by atoms with E-state index in [0.29, 0.717) is 18.7 Å². The van der Waals surface area contributed by atoms with Crippen LogP contribution in [0.3, 0.4) is 0 Å². The average molecular weight is 482 g/mol. The van der Waals surface area contributed by atoms with Gasteiger partial charge < -0.3 is 10.2 Å². The molecule has 174 valence electrons. The van der Waals surface area contributed by atoms with Gasteiger partial charge in [0.2, 0.25) is 0 Å². The lowest BCUT2D eigenvalue weighted by Crippen LogP contribution is -2.37. The number of amidine groups is 1. The molecule has 4 rings (SSSR count). The summed E-state index contributed by atoms with van der Waals surface area (Å²) in [4.78, 5) is 24.4. The Hall–Kier alpha value is -4.12. The Balaban J connectivity index is 1.72. The minimum absolute atomic E-state index is 0.0131. The molecule has 0 aliphatic carbocycles. The van der Waals surface area contributed by atoms with Crippen molar-refractivity contribution in [2.75, 3.05) is 16.8 Å². The topological polar surface area (TPSA) is 122 Å². The van der Waals surface area contributed by atoms with Crippen LogP contribution in [0, 0.1) is 15.9 Å². The van der Waals surface area contributed by atoms with Gasteiger partial charge in [-0.3, -0.25) is 14.9 Å². The first-order valence-electron chi connectivity index (χ1n) is 10.3. The molecule has 0 unspecified atom stereocenters. The standard InChI is InChI=1S/C23H19FN4O5S/c1-2-12-27-20-11-10-16(25-23(29)15-6-5-7-17(13-15)28(30)31)14-21(20)34(32,33)26-22(27)18-8-3-4-9-19(18)24/h3-11,13-14H,2,12H2,1H3,(H,25,29). The lowest BCUT2D eigenvalue weighted by Gasteiger charge is -2.31. The zero-order chi connectivity index (χ0) is 24.5. The van der Waals surface area contributed by atoms with Crippen molar-refractivity contribution in [1.82, 2.24) is 0 Å². The van der Waals surface area contributed by atoms with Gasteiger partial charge in [-0.1, -0.05) is 25.1 Å². The quantitative estimate of drug-likeness (QED) is 0.412. The summed E-state index contributed by atoms with van der Waals surface area (Å²) >= 11 is 0. The first-order valence-corrected chi connectivity index (χ1v) is 11.7. The molecule has 1 aliphatic heterocycles. The number of carbonyl (C=O) groups excluding carboxylic acids is 1. The highest BCUT2D eigenvalue weighted by atomic mass is 32.2. The SMILES string of the molecule is CCCN1C(c2ccccc2F)=NS(=O)(=O)c2cc(NC(=O)c3cccc([N+](=O)[O-])c3)ccc21. The minimum Gasteiger partial charge on any atom is -0.324 e. The number of non-ortho nitro benzene ring substituents is 1. The molecule has 0 saturated heterocycles. The molecule has 1 heterocycles. The summed E-state index contributed by atoms with van der Waals surface area (Å²) in [6.07, 6.45) is 0.637. The van der Waals surface area contributed by atoms with Crippen molar-refractivity contribution in [2.24, 2.45) is 4.40 Å². The molecule has 1 aliphatic rings. The number of carbonyl (C=O) groups is 1. The molecular formula is C23H19FN4O5S. The van der Waals surface area contributed by atoms with Gasteiger partial charge in [0.05, 0.1) is 16.2 Å². The minimum atomic E-state index is -4.21. The third-order valence-electron chi connectivity index (χ3n) is 5.13. The number of sulfonamides is 1. The lowest BCUT2D eigenvalue weighted by atomic mass is 10.1. The number of hydrogen-bond donors (Lipinski definition) is 1. The molecule has 3 aromatic rings. The average Bonchev–Trinajstić information content (AvgIpc) is 2.81. The molecule has 0 spiro atoms. The highest BCUT2D eigenvalue weighted by Crippen LogP contribution is 2.36. The summed E-state index contributed by atoms with van der Waals surface area (Å²) < 4.78 is 44.4. The molecule has 0 atom stereocenters. The van der Waals surface area contributed by atoms with E-state index in [1.807, 2.05) is 6.92 Å². The number of nitro groups is 1. The molecular weight excluding hydrogens is 463 g/mol. The summed E-state index contributed by atoms with van der Waals surface area (Å²) in [5.41, 5.74) is 0.338. The van der Waals surface area contributed by atoms with Crippen molar-refractivity contribution in [1.29, 1.82) is 0 Å². The molecule has 9 nitrogen and oxygen atoms in total. The van der Waals surface area contributed by atoms with Gasteiger partial charge in [0.15, 0.2) is 5.84 Å². The molecule has 0 saturated carbocycles. The number of benzene rings is 3. The van der Waals surface area contributed by atoms with E-state index in [1.54, 1.807) is 11.0 Å². The molecule has 3 aromatic carbocycles. The second kappa shape index (κ2) is 9.02. The predicted molar refractivity (Wildman–Crippen MR) is 125 cm³/mol. The van der Waals surface area contributed by atoms with Crippen LogP contribution in [0.1, 0.15) is 29.3 Å². The maximum atomic E-state index is 14.5. The molecule has 1 N–H and O–H groups in total. The van der Waals surface area contributed by atoms with E-state index in [-0.39, 0.29) is 33.2 Å². The second-order valence-corrected chi connectivity index (χ2v) is 9.04. The van der Waals surface area contributed by atoms with Crippen LogP contribution in [0.15, 0.2) is 76.0 Å². The highest BCUT2D eigenvalue weighted by molar-refractivity contribution is 7.90. The first-order chi connectivity index (χ1) is 16.2. The Kier molecular flexibility index (Phi) is 6.12. The van der Waals surface area contributed by atoms with E-state index >= 15 is 0 Å². The van der Waals surface area contributed by atoms with Crippen LogP contribution in [0.5, 0.6) is 0 Å². The zero-order valence-electron chi connectivity index (χ0n) is 17.9. The van der Waals surface area contributed by atoms with Crippen LogP contribution < -0.4 is 10.2 Å². The number of fused-ring (bicyclic) bond motifs is 1. The van der Waals surface area contributed by atoms with Crippen molar-refractivity contribution in [3.8, 4) is 0 Å².